The number of carbonyl (C=O) groups is 3. The molecule has 0 aromatic heterocycles. The molecule has 2 aliphatic rings. The molecule has 1 aromatic rings. The van der Waals surface area contributed by atoms with E-state index < -0.39 is 23.8 Å². The van der Waals surface area contributed by atoms with Gasteiger partial charge in [-0.05, 0) is 52.0 Å². The average molecular weight is 432 g/mol. The molecule has 170 valence electrons. The van der Waals surface area contributed by atoms with Gasteiger partial charge in [-0.1, -0.05) is 30.3 Å². The van der Waals surface area contributed by atoms with Crippen LogP contribution < -0.4 is 5.32 Å². The molecular weight excluding hydrogens is 398 g/mol. The lowest BCUT2D eigenvalue weighted by atomic mass is 10.0. The Labute approximate surface area is 183 Å². The van der Waals surface area contributed by atoms with Crippen molar-refractivity contribution in [1.29, 1.82) is 0 Å². The first-order valence-corrected chi connectivity index (χ1v) is 11.0. The van der Waals surface area contributed by atoms with Crippen LogP contribution in [-0.2, 0) is 20.9 Å². The molecule has 1 atom stereocenters. The molecule has 8 nitrogen and oxygen atoms in total. The number of hydrogen-bond donors (Lipinski definition) is 1. The molecule has 2 aliphatic heterocycles. The second-order valence-electron chi connectivity index (χ2n) is 9.14. The molecule has 2 fully saturated rings. The van der Waals surface area contributed by atoms with Gasteiger partial charge in [0.15, 0.2) is 0 Å². The fourth-order valence-electron chi connectivity index (χ4n) is 3.97. The normalized spacial score (nSPS) is 19.8. The lowest BCUT2D eigenvalue weighted by Gasteiger charge is -2.35. The summed E-state index contributed by atoms with van der Waals surface area (Å²) < 4.78 is 10.7. The van der Waals surface area contributed by atoms with E-state index in [9.17, 15) is 14.4 Å². The molecule has 0 aliphatic carbocycles. The summed E-state index contributed by atoms with van der Waals surface area (Å²) >= 11 is 0. The highest BCUT2D eigenvalue weighted by atomic mass is 16.6. The van der Waals surface area contributed by atoms with Crippen LogP contribution in [0.4, 0.5) is 9.59 Å². The standard InChI is InChI=1S/C23H33N3O5/c1-23(2,3)31-21(28)24-18-11-14-25(15-12-18)20(27)19-10-7-13-26(19)22(29)30-16-17-8-5-4-6-9-17/h4-6,8-9,18-19H,7,10-16H2,1-3H3,(H,24,28)/t19-/m0/s1. The maximum atomic E-state index is 13.1. The number of carbonyl (C=O) groups excluding carboxylic acids is 3. The molecule has 3 amide bonds. The van der Waals surface area contributed by atoms with Gasteiger partial charge in [0.1, 0.15) is 18.2 Å². The minimum atomic E-state index is -0.540. The van der Waals surface area contributed by atoms with Gasteiger partial charge < -0.3 is 19.7 Å². The van der Waals surface area contributed by atoms with E-state index in [-0.39, 0.29) is 18.6 Å². The molecular formula is C23H33N3O5. The number of benzene rings is 1. The number of rotatable bonds is 4. The largest absolute Gasteiger partial charge is 0.445 e. The molecule has 2 saturated heterocycles. The fourth-order valence-corrected chi connectivity index (χ4v) is 3.97. The first kappa shape index (κ1) is 22.9. The van der Waals surface area contributed by atoms with E-state index in [1.165, 1.54) is 0 Å². The van der Waals surface area contributed by atoms with Crippen LogP contribution >= 0.6 is 0 Å². The molecule has 0 unspecified atom stereocenters. The van der Waals surface area contributed by atoms with Crippen molar-refractivity contribution in [2.45, 2.75) is 70.7 Å². The van der Waals surface area contributed by atoms with Gasteiger partial charge in [0.25, 0.3) is 0 Å². The van der Waals surface area contributed by atoms with Gasteiger partial charge in [0, 0.05) is 25.7 Å². The maximum absolute atomic E-state index is 13.1. The zero-order chi connectivity index (χ0) is 22.4. The summed E-state index contributed by atoms with van der Waals surface area (Å²) in [7, 11) is 0. The van der Waals surface area contributed by atoms with Crippen LogP contribution in [0.2, 0.25) is 0 Å². The van der Waals surface area contributed by atoms with Gasteiger partial charge in [-0.2, -0.15) is 0 Å². The summed E-state index contributed by atoms with van der Waals surface area (Å²) in [6.07, 6.45) is 1.89. The molecule has 3 rings (SSSR count). The summed E-state index contributed by atoms with van der Waals surface area (Å²) in [5.74, 6) is -0.0371. The lowest BCUT2D eigenvalue weighted by molar-refractivity contribution is -0.136. The van der Waals surface area contributed by atoms with Crippen molar-refractivity contribution >= 4 is 18.1 Å². The van der Waals surface area contributed by atoms with Crippen molar-refractivity contribution < 1.29 is 23.9 Å². The van der Waals surface area contributed by atoms with Crippen LogP contribution in [0.15, 0.2) is 30.3 Å². The minimum Gasteiger partial charge on any atom is -0.445 e. The van der Waals surface area contributed by atoms with E-state index in [4.69, 9.17) is 9.47 Å². The Kier molecular flexibility index (Phi) is 7.41. The Balaban J connectivity index is 1.47. The van der Waals surface area contributed by atoms with Crippen LogP contribution in [0.3, 0.4) is 0 Å². The van der Waals surface area contributed by atoms with Crippen LogP contribution in [0.1, 0.15) is 52.0 Å². The predicted molar refractivity (Wildman–Crippen MR) is 115 cm³/mol. The van der Waals surface area contributed by atoms with Gasteiger partial charge in [0.2, 0.25) is 5.91 Å². The maximum Gasteiger partial charge on any atom is 0.410 e. The summed E-state index contributed by atoms with van der Waals surface area (Å²) in [6, 6.07) is 9.00. The van der Waals surface area contributed by atoms with Crippen molar-refractivity contribution in [2.24, 2.45) is 0 Å². The van der Waals surface area contributed by atoms with E-state index in [1.54, 1.807) is 9.80 Å². The molecule has 0 spiro atoms. The van der Waals surface area contributed by atoms with Crippen molar-refractivity contribution in [3.63, 3.8) is 0 Å². The number of alkyl carbamates (subject to hydrolysis) is 1. The monoisotopic (exact) mass is 431 g/mol. The quantitative estimate of drug-likeness (QED) is 0.790. The van der Waals surface area contributed by atoms with Gasteiger partial charge in [0.05, 0.1) is 0 Å². The predicted octanol–water partition coefficient (Wildman–Crippen LogP) is 3.30. The number of likely N-dealkylation sites (tertiary alicyclic amines) is 2. The van der Waals surface area contributed by atoms with Crippen molar-refractivity contribution in [3.05, 3.63) is 35.9 Å². The molecule has 1 N–H and O–H groups in total. The average Bonchev–Trinajstić information content (AvgIpc) is 3.21. The molecule has 2 heterocycles. The van der Waals surface area contributed by atoms with E-state index in [1.807, 2.05) is 51.1 Å². The Morgan fingerprint density at radius 1 is 1.03 bits per heavy atom. The van der Waals surface area contributed by atoms with Crippen molar-refractivity contribution in [2.75, 3.05) is 19.6 Å². The summed E-state index contributed by atoms with van der Waals surface area (Å²) in [5, 5.41) is 2.88. The summed E-state index contributed by atoms with van der Waals surface area (Å²) in [4.78, 5) is 41.0. The number of nitrogens with one attached hydrogen (secondary N) is 1. The second kappa shape index (κ2) is 10.0. The number of piperidine rings is 1. The summed E-state index contributed by atoms with van der Waals surface area (Å²) in [5.41, 5.74) is 0.374. The zero-order valence-electron chi connectivity index (χ0n) is 18.6. The van der Waals surface area contributed by atoms with E-state index >= 15 is 0 Å². The molecule has 8 heteroatoms. The van der Waals surface area contributed by atoms with Crippen molar-refractivity contribution in [3.8, 4) is 0 Å². The third kappa shape index (κ3) is 6.60. The van der Waals surface area contributed by atoms with E-state index in [2.05, 4.69) is 5.32 Å². The molecule has 1 aromatic carbocycles. The number of ether oxygens (including phenoxy) is 2. The van der Waals surface area contributed by atoms with Gasteiger partial charge in [-0.3, -0.25) is 9.69 Å². The van der Waals surface area contributed by atoms with E-state index in [0.29, 0.717) is 38.9 Å². The highest BCUT2D eigenvalue weighted by Gasteiger charge is 2.38. The zero-order valence-corrected chi connectivity index (χ0v) is 18.6. The van der Waals surface area contributed by atoms with Crippen LogP contribution in [0.5, 0.6) is 0 Å². The Hall–Kier alpha value is -2.77. The second-order valence-corrected chi connectivity index (χ2v) is 9.14. The third-order valence-corrected chi connectivity index (χ3v) is 5.50. The number of nitrogens with zero attached hydrogens (tertiary/aromatic N) is 2. The van der Waals surface area contributed by atoms with E-state index in [0.717, 1.165) is 12.0 Å². The first-order valence-electron chi connectivity index (χ1n) is 11.0. The summed E-state index contributed by atoms with van der Waals surface area (Å²) in [6.45, 7) is 7.29. The topological polar surface area (TPSA) is 88.2 Å². The molecule has 0 radical (unpaired) electrons. The third-order valence-electron chi connectivity index (χ3n) is 5.50. The van der Waals surface area contributed by atoms with Crippen molar-refractivity contribution in [1.82, 2.24) is 15.1 Å². The number of hydrogen-bond acceptors (Lipinski definition) is 5. The molecule has 31 heavy (non-hydrogen) atoms. The SMILES string of the molecule is CC(C)(C)OC(=O)NC1CCN(C(=O)[C@@H]2CCCN2C(=O)OCc2ccccc2)CC1. The Morgan fingerprint density at radius 2 is 1.71 bits per heavy atom. The van der Waals surface area contributed by atoms with Gasteiger partial charge in [-0.15, -0.1) is 0 Å². The minimum absolute atomic E-state index is 0.0191. The highest BCUT2D eigenvalue weighted by molar-refractivity contribution is 5.86. The van der Waals surface area contributed by atoms with Crippen LogP contribution in [0, 0.1) is 0 Å². The Bertz CT molecular complexity index is 769. The smallest absolute Gasteiger partial charge is 0.410 e. The van der Waals surface area contributed by atoms with Crippen LogP contribution in [-0.4, -0.2) is 65.2 Å². The highest BCUT2D eigenvalue weighted by Crippen LogP contribution is 2.23. The van der Waals surface area contributed by atoms with Crippen LogP contribution in [0.25, 0.3) is 0 Å². The molecule has 0 saturated carbocycles. The number of amides is 3. The molecule has 0 bridgehead atoms. The van der Waals surface area contributed by atoms with Gasteiger partial charge in [-0.25, -0.2) is 9.59 Å². The Morgan fingerprint density at radius 3 is 2.35 bits per heavy atom. The first-order chi connectivity index (χ1) is 14.7. The van der Waals surface area contributed by atoms with Gasteiger partial charge >= 0.3 is 12.2 Å². The fraction of sp³-hybridized carbons (Fsp3) is 0.609. The lowest BCUT2D eigenvalue weighted by Crippen LogP contribution is -2.52.